The quantitative estimate of drug-likeness (QED) is 0.500. The number of benzene rings is 1. The van der Waals surface area contributed by atoms with Gasteiger partial charge in [-0.05, 0) is 42.9 Å². The third kappa shape index (κ3) is 3.27. The topological polar surface area (TPSA) is 84.7 Å². The zero-order valence-electron chi connectivity index (χ0n) is 15.3. The van der Waals surface area contributed by atoms with Gasteiger partial charge in [-0.3, -0.25) is 4.79 Å². The Morgan fingerprint density at radius 2 is 2.14 bits per heavy atom. The van der Waals surface area contributed by atoms with Crippen molar-refractivity contribution in [3.8, 4) is 11.5 Å². The highest BCUT2D eigenvalue weighted by Gasteiger charge is 2.23. The molecule has 0 bridgehead atoms. The molecule has 0 saturated heterocycles. The van der Waals surface area contributed by atoms with E-state index in [1.165, 1.54) is 22.2 Å². The zero-order valence-corrected chi connectivity index (χ0v) is 16.9. The molecule has 142 valence electrons. The van der Waals surface area contributed by atoms with Crippen molar-refractivity contribution in [2.75, 3.05) is 0 Å². The van der Waals surface area contributed by atoms with Gasteiger partial charge in [0.25, 0.3) is 10.8 Å². The van der Waals surface area contributed by atoms with Crippen molar-refractivity contribution in [3.05, 3.63) is 57.0 Å². The maximum absolute atomic E-state index is 12.7. The number of hydrogen-bond acceptors (Lipinski definition) is 7. The van der Waals surface area contributed by atoms with Crippen LogP contribution >= 0.6 is 23.1 Å². The minimum atomic E-state index is -0.0387. The first-order valence-corrected chi connectivity index (χ1v) is 11.0. The number of H-pyrrole nitrogens is 1. The van der Waals surface area contributed by atoms with Crippen molar-refractivity contribution < 1.29 is 4.42 Å². The molecule has 0 aliphatic heterocycles. The maximum atomic E-state index is 12.7. The summed E-state index contributed by atoms with van der Waals surface area (Å²) in [4.78, 5) is 22.5. The summed E-state index contributed by atoms with van der Waals surface area (Å²) in [5.74, 6) is 2.26. The van der Waals surface area contributed by atoms with Crippen LogP contribution in [-0.4, -0.2) is 20.2 Å². The lowest BCUT2D eigenvalue weighted by Gasteiger charge is -2.17. The lowest BCUT2D eigenvalue weighted by atomic mass is 9.89. The van der Waals surface area contributed by atoms with E-state index in [0.717, 1.165) is 35.0 Å². The molecule has 1 N–H and O–H groups in total. The van der Waals surface area contributed by atoms with Gasteiger partial charge >= 0.3 is 0 Å². The molecule has 0 radical (unpaired) electrons. The monoisotopic (exact) mass is 410 g/mol. The fourth-order valence-electron chi connectivity index (χ4n) is 3.56. The lowest BCUT2D eigenvalue weighted by molar-refractivity contribution is 0.465. The van der Waals surface area contributed by atoms with E-state index in [1.807, 2.05) is 30.3 Å². The van der Waals surface area contributed by atoms with Crippen molar-refractivity contribution in [1.82, 2.24) is 20.2 Å². The molecule has 3 aromatic heterocycles. The van der Waals surface area contributed by atoms with E-state index in [2.05, 4.69) is 22.1 Å². The summed E-state index contributed by atoms with van der Waals surface area (Å²) >= 11 is 3.04. The second-order valence-electron chi connectivity index (χ2n) is 7.07. The molecule has 0 saturated carbocycles. The number of thioether (sulfide) groups is 1. The van der Waals surface area contributed by atoms with Gasteiger partial charge in [-0.1, -0.05) is 36.9 Å². The van der Waals surface area contributed by atoms with Crippen LogP contribution in [0.1, 0.15) is 29.6 Å². The Balaban J connectivity index is 1.38. The average molecular weight is 411 g/mol. The van der Waals surface area contributed by atoms with Crippen LogP contribution in [0.2, 0.25) is 0 Å². The second-order valence-corrected chi connectivity index (χ2v) is 9.08. The molecule has 1 aliphatic carbocycles. The van der Waals surface area contributed by atoms with Crippen LogP contribution in [0.15, 0.2) is 44.8 Å². The molecule has 1 aromatic carbocycles. The van der Waals surface area contributed by atoms with E-state index in [4.69, 9.17) is 9.40 Å². The number of nitrogens with one attached hydrogen (secondary N) is 1. The molecule has 1 atom stereocenters. The van der Waals surface area contributed by atoms with Crippen LogP contribution in [0.25, 0.3) is 21.7 Å². The van der Waals surface area contributed by atoms with Crippen LogP contribution in [0.4, 0.5) is 0 Å². The van der Waals surface area contributed by atoms with Gasteiger partial charge in [-0.15, -0.1) is 21.5 Å². The van der Waals surface area contributed by atoms with Gasteiger partial charge < -0.3 is 9.40 Å². The van der Waals surface area contributed by atoms with E-state index in [9.17, 15) is 4.79 Å². The van der Waals surface area contributed by atoms with Gasteiger partial charge in [-0.2, -0.15) is 0 Å². The summed E-state index contributed by atoms with van der Waals surface area (Å²) in [6.07, 6.45) is 3.15. The number of hydrogen-bond donors (Lipinski definition) is 1. The van der Waals surface area contributed by atoms with Crippen LogP contribution in [0.5, 0.6) is 0 Å². The molecule has 0 amide bonds. The smallest absolute Gasteiger partial charge is 0.277 e. The highest BCUT2D eigenvalue weighted by Crippen LogP contribution is 2.36. The maximum Gasteiger partial charge on any atom is 0.277 e. The molecule has 5 rings (SSSR count). The predicted molar refractivity (Wildman–Crippen MR) is 111 cm³/mol. The first-order chi connectivity index (χ1) is 13.7. The third-order valence-electron chi connectivity index (χ3n) is 4.97. The van der Waals surface area contributed by atoms with E-state index < -0.39 is 0 Å². The van der Waals surface area contributed by atoms with E-state index >= 15 is 0 Å². The highest BCUT2D eigenvalue weighted by atomic mass is 32.2. The molecular formula is C20H18N4O2S2. The minimum Gasteiger partial charge on any atom is -0.411 e. The molecule has 6 nitrogen and oxygen atoms in total. The third-order valence-corrected chi connectivity index (χ3v) is 6.95. The normalized spacial score (nSPS) is 16.4. The van der Waals surface area contributed by atoms with Crippen molar-refractivity contribution in [2.45, 2.75) is 37.2 Å². The van der Waals surface area contributed by atoms with E-state index in [0.29, 0.717) is 28.6 Å². The van der Waals surface area contributed by atoms with Crippen LogP contribution in [0, 0.1) is 5.92 Å². The average Bonchev–Trinajstić information content (AvgIpc) is 3.31. The zero-order chi connectivity index (χ0) is 19.1. The van der Waals surface area contributed by atoms with Crippen molar-refractivity contribution in [3.63, 3.8) is 0 Å². The second kappa shape index (κ2) is 7.18. The molecule has 0 fully saturated rings. The number of thiophene rings is 1. The Kier molecular flexibility index (Phi) is 4.52. The van der Waals surface area contributed by atoms with Crippen LogP contribution in [-0.2, 0) is 18.6 Å². The summed E-state index contributed by atoms with van der Waals surface area (Å²) in [5, 5.41) is 9.41. The molecular weight excluding hydrogens is 392 g/mol. The Bertz CT molecular complexity index is 1200. The molecule has 4 aromatic rings. The molecule has 1 aliphatic rings. The van der Waals surface area contributed by atoms with Crippen LogP contribution in [0.3, 0.4) is 0 Å². The molecule has 8 heteroatoms. The Labute approximate surface area is 169 Å². The first kappa shape index (κ1) is 17.6. The Morgan fingerprint density at radius 3 is 3.00 bits per heavy atom. The molecule has 0 spiro atoms. The predicted octanol–water partition coefficient (Wildman–Crippen LogP) is 4.45. The van der Waals surface area contributed by atoms with E-state index in [1.54, 1.807) is 11.3 Å². The van der Waals surface area contributed by atoms with E-state index in [-0.39, 0.29) is 5.56 Å². The number of aromatic nitrogens is 4. The first-order valence-electron chi connectivity index (χ1n) is 9.22. The SMILES string of the molecule is CC1CCc2c(sc3nc(CSc4nnc(-c5ccccc5)o4)[nH]c(=O)c23)C1. The summed E-state index contributed by atoms with van der Waals surface area (Å²) in [7, 11) is 0. The fourth-order valence-corrected chi connectivity index (χ4v) is 5.59. The largest absolute Gasteiger partial charge is 0.411 e. The van der Waals surface area contributed by atoms with Gasteiger partial charge in [-0.25, -0.2) is 4.98 Å². The molecule has 1 unspecified atom stereocenters. The number of rotatable bonds is 4. The van der Waals surface area contributed by atoms with Gasteiger partial charge in [0.05, 0.1) is 11.1 Å². The lowest BCUT2D eigenvalue weighted by Crippen LogP contribution is -2.14. The number of aromatic amines is 1. The fraction of sp³-hybridized carbons (Fsp3) is 0.300. The summed E-state index contributed by atoms with van der Waals surface area (Å²) in [6.45, 7) is 2.27. The highest BCUT2D eigenvalue weighted by molar-refractivity contribution is 7.98. The van der Waals surface area contributed by atoms with Crippen molar-refractivity contribution in [1.29, 1.82) is 0 Å². The Morgan fingerprint density at radius 1 is 1.29 bits per heavy atom. The summed E-state index contributed by atoms with van der Waals surface area (Å²) in [5.41, 5.74) is 2.05. The van der Waals surface area contributed by atoms with Gasteiger partial charge in [0, 0.05) is 10.4 Å². The number of fused-ring (bicyclic) bond motifs is 3. The van der Waals surface area contributed by atoms with Gasteiger partial charge in [0.2, 0.25) is 5.89 Å². The standard InChI is InChI=1S/C20H18N4O2S2/c1-11-7-8-13-14(9-11)28-19-16(13)17(25)21-15(22-19)10-27-20-24-23-18(26-20)12-5-3-2-4-6-12/h2-6,11H,7-10H2,1H3,(H,21,22,25). The van der Waals surface area contributed by atoms with Crippen molar-refractivity contribution in [2.24, 2.45) is 5.92 Å². The van der Waals surface area contributed by atoms with Gasteiger partial charge in [0.1, 0.15) is 10.7 Å². The summed E-state index contributed by atoms with van der Waals surface area (Å²) in [6, 6.07) is 9.65. The number of nitrogens with zero attached hydrogens (tertiary/aromatic N) is 3. The molecule has 28 heavy (non-hydrogen) atoms. The number of aryl methyl sites for hydroxylation is 1. The van der Waals surface area contributed by atoms with Gasteiger partial charge in [0.15, 0.2) is 0 Å². The van der Waals surface area contributed by atoms with Crippen LogP contribution < -0.4 is 5.56 Å². The van der Waals surface area contributed by atoms with Crippen molar-refractivity contribution >= 4 is 33.3 Å². The minimum absolute atomic E-state index is 0.0387. The Hall–Kier alpha value is -2.45. The summed E-state index contributed by atoms with van der Waals surface area (Å²) < 4.78 is 5.71. The molecule has 3 heterocycles.